The molecule has 0 spiro atoms. The number of aromatic nitrogens is 1. The van der Waals surface area contributed by atoms with Gasteiger partial charge in [0.1, 0.15) is 6.54 Å². The van der Waals surface area contributed by atoms with Crippen LogP contribution in [-0.4, -0.2) is 40.0 Å². The molecule has 0 fully saturated rings. The van der Waals surface area contributed by atoms with E-state index in [-0.39, 0.29) is 18.4 Å². The van der Waals surface area contributed by atoms with Crippen LogP contribution in [0.3, 0.4) is 0 Å². The van der Waals surface area contributed by atoms with Crippen LogP contribution in [0.5, 0.6) is 0 Å². The Bertz CT molecular complexity index is 703. The predicted molar refractivity (Wildman–Crippen MR) is 90.4 cm³/mol. The van der Waals surface area contributed by atoms with Gasteiger partial charge in [-0.15, -0.1) is 0 Å². The second-order valence-electron chi connectivity index (χ2n) is 6.42. The lowest BCUT2D eigenvalue weighted by molar-refractivity contribution is -0.144. The van der Waals surface area contributed by atoms with Gasteiger partial charge in [-0.25, -0.2) is 0 Å². The van der Waals surface area contributed by atoms with E-state index in [2.05, 4.69) is 11.1 Å². The summed E-state index contributed by atoms with van der Waals surface area (Å²) in [6.45, 7) is 6.23. The Kier molecular flexibility index (Phi) is 5.42. The van der Waals surface area contributed by atoms with Crippen molar-refractivity contribution in [2.24, 2.45) is 5.92 Å². The SMILES string of the molecule is Cc1ccc2[nH]cc(CCC(=O)N(CC(=O)O)CC(C)C)c2c1. The molecule has 0 saturated carbocycles. The maximum absolute atomic E-state index is 12.4. The molecule has 0 unspecified atom stereocenters. The summed E-state index contributed by atoms with van der Waals surface area (Å²) in [5, 5.41) is 10.1. The van der Waals surface area contributed by atoms with Crippen molar-refractivity contribution in [1.29, 1.82) is 0 Å². The normalized spacial score (nSPS) is 11.1. The zero-order chi connectivity index (χ0) is 17.0. The first-order chi connectivity index (χ1) is 10.9. The molecule has 1 heterocycles. The third-order valence-corrected chi connectivity index (χ3v) is 3.80. The zero-order valence-corrected chi connectivity index (χ0v) is 13.9. The molecule has 5 nitrogen and oxygen atoms in total. The molecule has 0 radical (unpaired) electrons. The first-order valence-corrected chi connectivity index (χ1v) is 7.93. The number of carboxylic acid groups (broad SMARTS) is 1. The highest BCUT2D eigenvalue weighted by atomic mass is 16.4. The van der Waals surface area contributed by atoms with E-state index in [1.54, 1.807) is 0 Å². The van der Waals surface area contributed by atoms with E-state index in [0.29, 0.717) is 19.4 Å². The molecule has 0 aliphatic rings. The standard InChI is InChI=1S/C18H24N2O3/c1-12(2)10-20(11-18(22)23)17(21)7-5-14-9-19-16-6-4-13(3)8-15(14)16/h4,6,8-9,12,19H,5,7,10-11H2,1-3H3,(H,22,23). The summed E-state index contributed by atoms with van der Waals surface area (Å²) in [5.74, 6) is -0.834. The summed E-state index contributed by atoms with van der Waals surface area (Å²) in [6, 6.07) is 6.19. The van der Waals surface area contributed by atoms with Gasteiger partial charge >= 0.3 is 5.97 Å². The average molecular weight is 316 g/mol. The second-order valence-corrected chi connectivity index (χ2v) is 6.42. The Morgan fingerprint density at radius 3 is 2.70 bits per heavy atom. The van der Waals surface area contributed by atoms with Gasteiger partial charge in [-0.2, -0.15) is 0 Å². The Morgan fingerprint density at radius 2 is 2.04 bits per heavy atom. The van der Waals surface area contributed by atoms with Gasteiger partial charge in [0, 0.05) is 30.1 Å². The van der Waals surface area contributed by atoms with Crippen LogP contribution in [0.15, 0.2) is 24.4 Å². The van der Waals surface area contributed by atoms with Gasteiger partial charge in [-0.3, -0.25) is 9.59 Å². The molecule has 0 aliphatic carbocycles. The molecular weight excluding hydrogens is 292 g/mol. The number of H-pyrrole nitrogens is 1. The van der Waals surface area contributed by atoms with Crippen LogP contribution in [0.4, 0.5) is 0 Å². The summed E-state index contributed by atoms with van der Waals surface area (Å²) < 4.78 is 0. The van der Waals surface area contributed by atoms with Crippen LogP contribution < -0.4 is 0 Å². The van der Waals surface area contributed by atoms with Crippen LogP contribution in [0.25, 0.3) is 10.9 Å². The average Bonchev–Trinajstić information content (AvgIpc) is 2.85. The van der Waals surface area contributed by atoms with Crippen molar-refractivity contribution in [1.82, 2.24) is 9.88 Å². The molecule has 1 amide bonds. The first kappa shape index (κ1) is 17.1. The highest BCUT2D eigenvalue weighted by Gasteiger charge is 2.18. The van der Waals surface area contributed by atoms with Crippen LogP contribution in [0.1, 0.15) is 31.4 Å². The van der Waals surface area contributed by atoms with Gasteiger partial charge in [0.2, 0.25) is 5.91 Å². The number of aryl methyl sites for hydroxylation is 2. The molecule has 1 aromatic carbocycles. The molecule has 2 N–H and O–H groups in total. The molecule has 0 bridgehead atoms. The predicted octanol–water partition coefficient (Wildman–Crippen LogP) is 2.98. The number of hydrogen-bond acceptors (Lipinski definition) is 2. The van der Waals surface area contributed by atoms with Gasteiger partial charge < -0.3 is 15.0 Å². The zero-order valence-electron chi connectivity index (χ0n) is 13.9. The van der Waals surface area contributed by atoms with Crippen molar-refractivity contribution in [2.45, 2.75) is 33.6 Å². The fraction of sp³-hybridized carbons (Fsp3) is 0.444. The summed E-state index contributed by atoms with van der Waals surface area (Å²) in [5.41, 5.74) is 3.33. The number of carbonyl (C=O) groups is 2. The van der Waals surface area contributed by atoms with Gasteiger partial charge in [-0.05, 0) is 37.0 Å². The number of benzene rings is 1. The van der Waals surface area contributed by atoms with Crippen LogP contribution in [0.2, 0.25) is 0 Å². The van der Waals surface area contributed by atoms with E-state index in [1.165, 1.54) is 10.5 Å². The maximum Gasteiger partial charge on any atom is 0.323 e. The van der Waals surface area contributed by atoms with Crippen LogP contribution >= 0.6 is 0 Å². The van der Waals surface area contributed by atoms with E-state index in [0.717, 1.165) is 16.5 Å². The van der Waals surface area contributed by atoms with E-state index >= 15 is 0 Å². The summed E-state index contributed by atoms with van der Waals surface area (Å²) in [4.78, 5) is 28.0. The maximum atomic E-state index is 12.4. The monoisotopic (exact) mass is 316 g/mol. The Hall–Kier alpha value is -2.30. The Balaban J connectivity index is 2.06. The Labute approximate surface area is 136 Å². The first-order valence-electron chi connectivity index (χ1n) is 7.93. The molecule has 0 aliphatic heterocycles. The molecule has 23 heavy (non-hydrogen) atoms. The molecule has 2 aromatic rings. The second kappa shape index (κ2) is 7.31. The lowest BCUT2D eigenvalue weighted by Gasteiger charge is -2.22. The number of aliphatic carboxylic acids is 1. The smallest absolute Gasteiger partial charge is 0.323 e. The number of hydrogen-bond donors (Lipinski definition) is 2. The number of rotatable bonds is 7. The minimum absolute atomic E-state index is 0.108. The van der Waals surface area contributed by atoms with Gasteiger partial charge in [-0.1, -0.05) is 25.5 Å². The molecule has 0 atom stereocenters. The molecule has 124 valence electrons. The van der Waals surface area contributed by atoms with Crippen molar-refractivity contribution in [3.05, 3.63) is 35.5 Å². The van der Waals surface area contributed by atoms with E-state index < -0.39 is 5.97 Å². The molecule has 2 rings (SSSR count). The number of nitrogens with one attached hydrogen (secondary N) is 1. The lowest BCUT2D eigenvalue weighted by Crippen LogP contribution is -2.38. The van der Waals surface area contributed by atoms with Crippen molar-refractivity contribution in [2.75, 3.05) is 13.1 Å². The van der Waals surface area contributed by atoms with Crippen molar-refractivity contribution in [3.8, 4) is 0 Å². The number of carbonyl (C=O) groups excluding carboxylic acids is 1. The molecule has 0 saturated heterocycles. The summed E-state index contributed by atoms with van der Waals surface area (Å²) >= 11 is 0. The number of fused-ring (bicyclic) bond motifs is 1. The van der Waals surface area contributed by atoms with Crippen molar-refractivity contribution < 1.29 is 14.7 Å². The Morgan fingerprint density at radius 1 is 1.30 bits per heavy atom. The van der Waals surface area contributed by atoms with E-state index in [4.69, 9.17) is 5.11 Å². The number of carboxylic acids is 1. The molecule has 5 heteroatoms. The van der Waals surface area contributed by atoms with Gasteiger partial charge in [0.15, 0.2) is 0 Å². The minimum Gasteiger partial charge on any atom is -0.480 e. The van der Waals surface area contributed by atoms with Crippen LogP contribution in [0, 0.1) is 12.8 Å². The number of aromatic amines is 1. The van der Waals surface area contributed by atoms with Crippen molar-refractivity contribution >= 4 is 22.8 Å². The third kappa shape index (κ3) is 4.58. The van der Waals surface area contributed by atoms with Crippen molar-refractivity contribution in [3.63, 3.8) is 0 Å². The van der Waals surface area contributed by atoms with E-state index in [9.17, 15) is 9.59 Å². The summed E-state index contributed by atoms with van der Waals surface area (Å²) in [6.07, 6.45) is 2.86. The van der Waals surface area contributed by atoms with Gasteiger partial charge in [0.05, 0.1) is 0 Å². The minimum atomic E-state index is -0.971. The topological polar surface area (TPSA) is 73.4 Å². The van der Waals surface area contributed by atoms with Gasteiger partial charge in [0.25, 0.3) is 0 Å². The molecular formula is C18H24N2O3. The fourth-order valence-electron chi connectivity index (χ4n) is 2.76. The number of amides is 1. The fourth-order valence-corrected chi connectivity index (χ4v) is 2.76. The largest absolute Gasteiger partial charge is 0.480 e. The third-order valence-electron chi connectivity index (χ3n) is 3.80. The highest BCUT2D eigenvalue weighted by molar-refractivity contribution is 5.85. The molecule has 1 aromatic heterocycles. The highest BCUT2D eigenvalue weighted by Crippen LogP contribution is 2.21. The lowest BCUT2D eigenvalue weighted by atomic mass is 10.1. The van der Waals surface area contributed by atoms with E-state index in [1.807, 2.05) is 39.1 Å². The quantitative estimate of drug-likeness (QED) is 0.824. The summed E-state index contributed by atoms with van der Waals surface area (Å²) in [7, 11) is 0. The number of nitrogens with zero attached hydrogens (tertiary/aromatic N) is 1. The van der Waals surface area contributed by atoms with Crippen LogP contribution in [-0.2, 0) is 16.0 Å².